The summed E-state index contributed by atoms with van der Waals surface area (Å²) in [5.41, 5.74) is 1.31. The van der Waals surface area contributed by atoms with Crippen LogP contribution >= 0.6 is 39.5 Å². The standard InChI is InChI=1S/C15H26BrN3S2/c1-5-6-17-13(15-11(4)20-7-8-21-15)14-12(16)9-18-19(14)10(2)3/h9-11,13,15,17H,5-8H2,1-4H3. The van der Waals surface area contributed by atoms with Gasteiger partial charge in [0.05, 0.1) is 22.4 Å². The largest absolute Gasteiger partial charge is 0.308 e. The fourth-order valence-electron chi connectivity index (χ4n) is 2.74. The van der Waals surface area contributed by atoms with Crippen molar-refractivity contribution in [3.63, 3.8) is 0 Å². The zero-order valence-corrected chi connectivity index (χ0v) is 16.5. The van der Waals surface area contributed by atoms with Gasteiger partial charge in [0.15, 0.2) is 0 Å². The maximum atomic E-state index is 4.58. The van der Waals surface area contributed by atoms with E-state index in [0.717, 1.165) is 17.4 Å². The zero-order chi connectivity index (χ0) is 15.4. The predicted molar refractivity (Wildman–Crippen MR) is 99.5 cm³/mol. The Labute approximate surface area is 145 Å². The molecule has 0 aliphatic carbocycles. The van der Waals surface area contributed by atoms with Crippen molar-refractivity contribution in [2.45, 2.75) is 56.7 Å². The molecule has 0 saturated carbocycles. The van der Waals surface area contributed by atoms with Gasteiger partial charge >= 0.3 is 0 Å². The molecule has 1 N–H and O–H groups in total. The normalized spacial score (nSPS) is 24.5. The molecule has 0 bridgehead atoms. The van der Waals surface area contributed by atoms with Gasteiger partial charge in [-0.05, 0) is 42.7 Å². The monoisotopic (exact) mass is 391 g/mol. The number of hydrogen-bond donors (Lipinski definition) is 1. The van der Waals surface area contributed by atoms with Crippen molar-refractivity contribution in [3.05, 3.63) is 16.4 Å². The molecule has 0 spiro atoms. The third kappa shape index (κ3) is 4.21. The summed E-state index contributed by atoms with van der Waals surface area (Å²) < 4.78 is 3.30. The third-order valence-electron chi connectivity index (χ3n) is 3.75. The fourth-order valence-corrected chi connectivity index (χ4v) is 6.18. The van der Waals surface area contributed by atoms with Crippen molar-refractivity contribution < 1.29 is 0 Å². The summed E-state index contributed by atoms with van der Waals surface area (Å²) in [5, 5.41) is 9.63. The lowest BCUT2D eigenvalue weighted by Gasteiger charge is -2.36. The number of thioether (sulfide) groups is 2. The maximum absolute atomic E-state index is 4.58. The second kappa shape index (κ2) is 8.27. The number of aromatic nitrogens is 2. The van der Waals surface area contributed by atoms with Crippen LogP contribution in [0.5, 0.6) is 0 Å². The van der Waals surface area contributed by atoms with Gasteiger partial charge < -0.3 is 5.32 Å². The van der Waals surface area contributed by atoms with E-state index >= 15 is 0 Å². The minimum absolute atomic E-state index is 0.358. The Morgan fingerprint density at radius 3 is 2.76 bits per heavy atom. The van der Waals surface area contributed by atoms with Crippen LogP contribution in [0.3, 0.4) is 0 Å². The fraction of sp³-hybridized carbons (Fsp3) is 0.800. The van der Waals surface area contributed by atoms with Gasteiger partial charge in [0, 0.05) is 28.0 Å². The smallest absolute Gasteiger partial charge is 0.0710 e. The van der Waals surface area contributed by atoms with Crippen LogP contribution in [-0.4, -0.2) is 38.3 Å². The quantitative estimate of drug-likeness (QED) is 0.772. The molecule has 0 radical (unpaired) electrons. The molecule has 2 heterocycles. The molecule has 0 aromatic carbocycles. The van der Waals surface area contributed by atoms with Crippen molar-refractivity contribution in [1.29, 1.82) is 0 Å². The summed E-state index contributed by atoms with van der Waals surface area (Å²) >= 11 is 7.94. The highest BCUT2D eigenvalue weighted by Gasteiger charge is 2.34. The van der Waals surface area contributed by atoms with Gasteiger partial charge in [-0.15, -0.1) is 0 Å². The maximum Gasteiger partial charge on any atom is 0.0710 e. The van der Waals surface area contributed by atoms with E-state index in [1.54, 1.807) is 0 Å². The van der Waals surface area contributed by atoms with Crippen LogP contribution < -0.4 is 5.32 Å². The Kier molecular flexibility index (Phi) is 6.97. The Morgan fingerprint density at radius 1 is 1.43 bits per heavy atom. The molecule has 1 saturated heterocycles. The summed E-state index contributed by atoms with van der Waals surface area (Å²) in [6, 6.07) is 0.741. The molecule has 1 aromatic rings. The molecule has 21 heavy (non-hydrogen) atoms. The SMILES string of the molecule is CCCNC(c1c(Br)cnn1C(C)C)C1SCCSC1C. The Bertz CT molecular complexity index is 450. The zero-order valence-electron chi connectivity index (χ0n) is 13.3. The van der Waals surface area contributed by atoms with Crippen LogP contribution in [-0.2, 0) is 0 Å². The second-order valence-electron chi connectivity index (χ2n) is 5.76. The molecule has 2 rings (SSSR count). The first-order valence-electron chi connectivity index (χ1n) is 7.75. The summed E-state index contributed by atoms with van der Waals surface area (Å²) in [6.07, 6.45) is 3.10. The predicted octanol–water partition coefficient (Wildman–Crippen LogP) is 4.50. The molecular weight excluding hydrogens is 366 g/mol. The van der Waals surface area contributed by atoms with Crippen molar-refractivity contribution >= 4 is 39.5 Å². The molecule has 1 aromatic heterocycles. The molecule has 0 amide bonds. The van der Waals surface area contributed by atoms with E-state index in [-0.39, 0.29) is 0 Å². The summed E-state index contributed by atoms with van der Waals surface area (Å²) in [6.45, 7) is 10.0. The highest BCUT2D eigenvalue weighted by atomic mass is 79.9. The summed E-state index contributed by atoms with van der Waals surface area (Å²) in [4.78, 5) is 0. The van der Waals surface area contributed by atoms with Crippen LogP contribution in [0.15, 0.2) is 10.7 Å². The molecule has 1 aliphatic rings. The van der Waals surface area contributed by atoms with E-state index < -0.39 is 0 Å². The van der Waals surface area contributed by atoms with Crippen molar-refractivity contribution in [2.75, 3.05) is 18.1 Å². The van der Waals surface area contributed by atoms with Crippen molar-refractivity contribution in [3.8, 4) is 0 Å². The van der Waals surface area contributed by atoms with Crippen LogP contribution in [0.4, 0.5) is 0 Å². The molecular formula is C15H26BrN3S2. The second-order valence-corrected chi connectivity index (χ2v) is 9.38. The van der Waals surface area contributed by atoms with Crippen molar-refractivity contribution in [1.82, 2.24) is 15.1 Å². The summed E-state index contributed by atoms with van der Waals surface area (Å²) in [5.74, 6) is 2.52. The van der Waals surface area contributed by atoms with Gasteiger partial charge in [-0.1, -0.05) is 13.8 Å². The van der Waals surface area contributed by atoms with Gasteiger partial charge in [-0.3, -0.25) is 4.68 Å². The lowest BCUT2D eigenvalue weighted by Crippen LogP contribution is -2.39. The number of hydrogen-bond acceptors (Lipinski definition) is 4. The topological polar surface area (TPSA) is 29.9 Å². The van der Waals surface area contributed by atoms with Gasteiger partial charge in [0.1, 0.15) is 0 Å². The number of rotatable bonds is 6. The van der Waals surface area contributed by atoms with E-state index in [2.05, 4.69) is 82.2 Å². The lowest BCUT2D eigenvalue weighted by molar-refractivity contribution is 0.432. The third-order valence-corrected chi connectivity index (χ3v) is 7.56. The van der Waals surface area contributed by atoms with Crippen LogP contribution in [0, 0.1) is 0 Å². The Morgan fingerprint density at radius 2 is 2.14 bits per heavy atom. The van der Waals surface area contributed by atoms with E-state index in [0.29, 0.717) is 22.6 Å². The highest BCUT2D eigenvalue weighted by molar-refractivity contribution is 9.10. The Hall–Kier alpha value is 0.350. The van der Waals surface area contributed by atoms with Crippen molar-refractivity contribution in [2.24, 2.45) is 0 Å². The molecule has 3 unspecified atom stereocenters. The number of nitrogens with zero attached hydrogens (tertiary/aromatic N) is 2. The minimum atomic E-state index is 0.358. The van der Waals surface area contributed by atoms with Gasteiger partial charge in [-0.2, -0.15) is 28.6 Å². The molecule has 6 heteroatoms. The minimum Gasteiger partial charge on any atom is -0.308 e. The van der Waals surface area contributed by atoms with E-state index in [4.69, 9.17) is 0 Å². The first-order valence-corrected chi connectivity index (χ1v) is 10.6. The van der Waals surface area contributed by atoms with E-state index in [1.165, 1.54) is 17.2 Å². The molecule has 3 nitrogen and oxygen atoms in total. The molecule has 3 atom stereocenters. The molecule has 1 fully saturated rings. The van der Waals surface area contributed by atoms with Crippen LogP contribution in [0.2, 0.25) is 0 Å². The van der Waals surface area contributed by atoms with E-state index in [9.17, 15) is 0 Å². The molecule has 120 valence electrons. The summed E-state index contributed by atoms with van der Waals surface area (Å²) in [7, 11) is 0. The average Bonchev–Trinajstić information content (AvgIpc) is 2.83. The number of halogens is 1. The van der Waals surface area contributed by atoms with Crippen LogP contribution in [0.25, 0.3) is 0 Å². The first-order chi connectivity index (χ1) is 10.1. The van der Waals surface area contributed by atoms with E-state index in [1.807, 2.05) is 6.20 Å². The Balaban J connectivity index is 2.33. The van der Waals surface area contributed by atoms with Crippen LogP contribution in [0.1, 0.15) is 51.9 Å². The van der Waals surface area contributed by atoms with Gasteiger partial charge in [-0.25, -0.2) is 0 Å². The molecule has 1 aliphatic heterocycles. The highest BCUT2D eigenvalue weighted by Crippen LogP contribution is 2.40. The van der Waals surface area contributed by atoms with Gasteiger partial charge in [0.25, 0.3) is 0 Å². The lowest BCUT2D eigenvalue weighted by atomic mass is 10.1. The number of nitrogens with one attached hydrogen (secondary N) is 1. The first kappa shape index (κ1) is 17.7. The average molecular weight is 392 g/mol. The van der Waals surface area contributed by atoms with Gasteiger partial charge in [0.2, 0.25) is 0 Å².